The zero-order valence-corrected chi connectivity index (χ0v) is 11.5. The maximum Gasteiger partial charge on any atom is 0.122 e. The summed E-state index contributed by atoms with van der Waals surface area (Å²) in [6.45, 7) is 2.08. The number of hydrogen-bond acceptors (Lipinski definition) is 3. The summed E-state index contributed by atoms with van der Waals surface area (Å²) in [5.74, 6) is 0. The molecule has 2 aromatic heterocycles. The van der Waals surface area contributed by atoms with Gasteiger partial charge in [0.15, 0.2) is 0 Å². The topological polar surface area (TPSA) is 20.2 Å². The van der Waals surface area contributed by atoms with E-state index < -0.39 is 6.10 Å². The number of aryl methyl sites for hydroxylation is 3. The Hall–Kier alpha value is -0.640. The molecule has 0 amide bonds. The van der Waals surface area contributed by atoms with Gasteiger partial charge in [-0.25, -0.2) is 0 Å². The fourth-order valence-corrected chi connectivity index (χ4v) is 4.61. The molecule has 0 saturated heterocycles. The van der Waals surface area contributed by atoms with Gasteiger partial charge in [-0.15, -0.1) is 22.7 Å². The van der Waals surface area contributed by atoms with Crippen molar-refractivity contribution in [3.63, 3.8) is 0 Å². The minimum absolute atomic E-state index is 0.413. The third-order valence-electron chi connectivity index (χ3n) is 3.32. The standard InChI is InChI=1S/C14H16OS2/c1-9-6-7-12(16-9)14(15)13-8-10-4-2-3-5-11(10)17-13/h6-8,14-15H,2-5H2,1H3. The number of aliphatic hydroxyl groups excluding tert-OH is 1. The van der Waals surface area contributed by atoms with E-state index in [1.165, 1.54) is 41.0 Å². The molecule has 1 aliphatic rings. The molecule has 1 nitrogen and oxygen atoms in total. The lowest BCUT2D eigenvalue weighted by Crippen LogP contribution is -1.96. The first-order valence-electron chi connectivity index (χ1n) is 6.10. The minimum Gasteiger partial charge on any atom is -0.382 e. The SMILES string of the molecule is Cc1ccc(C(O)c2cc3c(s2)CCCC3)s1. The molecular formula is C14H16OS2. The van der Waals surface area contributed by atoms with Crippen LogP contribution in [0.5, 0.6) is 0 Å². The summed E-state index contributed by atoms with van der Waals surface area (Å²) in [7, 11) is 0. The second-order valence-electron chi connectivity index (χ2n) is 4.66. The third kappa shape index (κ3) is 2.19. The second-order valence-corrected chi connectivity index (χ2v) is 7.14. The van der Waals surface area contributed by atoms with Crippen molar-refractivity contribution in [1.82, 2.24) is 0 Å². The Bertz CT molecular complexity index is 501. The van der Waals surface area contributed by atoms with Crippen LogP contribution in [0, 0.1) is 6.92 Å². The molecule has 3 rings (SSSR count). The maximum atomic E-state index is 10.4. The van der Waals surface area contributed by atoms with Gasteiger partial charge in [0.1, 0.15) is 6.10 Å². The third-order valence-corrected chi connectivity index (χ3v) is 5.66. The molecule has 0 fully saturated rings. The number of hydrogen-bond donors (Lipinski definition) is 1. The summed E-state index contributed by atoms with van der Waals surface area (Å²) in [5, 5.41) is 10.4. The van der Waals surface area contributed by atoms with Crippen molar-refractivity contribution in [2.45, 2.75) is 38.7 Å². The molecule has 0 spiro atoms. The number of thiophene rings is 2. The van der Waals surface area contributed by atoms with Crippen molar-refractivity contribution < 1.29 is 5.11 Å². The van der Waals surface area contributed by atoms with Gasteiger partial charge in [0.25, 0.3) is 0 Å². The van der Waals surface area contributed by atoms with Gasteiger partial charge in [0.2, 0.25) is 0 Å². The van der Waals surface area contributed by atoms with Crippen LogP contribution in [-0.2, 0) is 12.8 Å². The minimum atomic E-state index is -0.413. The largest absolute Gasteiger partial charge is 0.382 e. The maximum absolute atomic E-state index is 10.4. The van der Waals surface area contributed by atoms with Crippen LogP contribution in [0.15, 0.2) is 18.2 Å². The van der Waals surface area contributed by atoms with E-state index in [-0.39, 0.29) is 0 Å². The Morgan fingerprint density at radius 3 is 2.65 bits per heavy atom. The molecule has 1 unspecified atom stereocenters. The van der Waals surface area contributed by atoms with Gasteiger partial charge in [0, 0.05) is 19.5 Å². The molecule has 90 valence electrons. The molecule has 2 heterocycles. The monoisotopic (exact) mass is 264 g/mol. The Morgan fingerprint density at radius 2 is 1.94 bits per heavy atom. The Morgan fingerprint density at radius 1 is 1.12 bits per heavy atom. The van der Waals surface area contributed by atoms with Crippen molar-refractivity contribution in [2.24, 2.45) is 0 Å². The summed E-state index contributed by atoms with van der Waals surface area (Å²) in [6.07, 6.45) is 4.60. The molecule has 0 aliphatic heterocycles. The Kier molecular flexibility index (Phi) is 3.07. The predicted octanol–water partition coefficient (Wildman–Crippen LogP) is 4.08. The normalized spacial score (nSPS) is 16.8. The van der Waals surface area contributed by atoms with Gasteiger partial charge in [0.05, 0.1) is 0 Å². The molecule has 0 bridgehead atoms. The van der Waals surface area contributed by atoms with Crippen molar-refractivity contribution in [3.8, 4) is 0 Å². The lowest BCUT2D eigenvalue weighted by Gasteiger charge is -2.08. The lowest BCUT2D eigenvalue weighted by atomic mass is 9.99. The summed E-state index contributed by atoms with van der Waals surface area (Å²) >= 11 is 3.50. The molecule has 2 aromatic rings. The van der Waals surface area contributed by atoms with Crippen LogP contribution in [0.4, 0.5) is 0 Å². The molecular weight excluding hydrogens is 248 g/mol. The molecule has 1 aliphatic carbocycles. The first-order valence-corrected chi connectivity index (χ1v) is 7.73. The number of rotatable bonds is 2. The molecule has 0 aromatic carbocycles. The van der Waals surface area contributed by atoms with E-state index in [2.05, 4.69) is 19.1 Å². The molecule has 3 heteroatoms. The first kappa shape index (κ1) is 11.5. The number of fused-ring (bicyclic) bond motifs is 1. The van der Waals surface area contributed by atoms with E-state index in [4.69, 9.17) is 0 Å². The second kappa shape index (κ2) is 4.56. The van der Waals surface area contributed by atoms with Crippen molar-refractivity contribution in [2.75, 3.05) is 0 Å². The smallest absolute Gasteiger partial charge is 0.122 e. The van der Waals surface area contributed by atoms with Crippen LogP contribution in [0.1, 0.15) is 44.0 Å². The van der Waals surface area contributed by atoms with Crippen molar-refractivity contribution in [1.29, 1.82) is 0 Å². The predicted molar refractivity (Wildman–Crippen MR) is 74.1 cm³/mol. The summed E-state index contributed by atoms with van der Waals surface area (Å²) in [6, 6.07) is 6.35. The summed E-state index contributed by atoms with van der Waals surface area (Å²) < 4.78 is 0. The summed E-state index contributed by atoms with van der Waals surface area (Å²) in [5.41, 5.74) is 1.48. The Balaban J connectivity index is 1.91. The van der Waals surface area contributed by atoms with Gasteiger partial charge in [-0.3, -0.25) is 0 Å². The average Bonchev–Trinajstić information content (AvgIpc) is 2.93. The molecule has 1 atom stereocenters. The first-order chi connectivity index (χ1) is 8.24. The van der Waals surface area contributed by atoms with E-state index in [0.717, 1.165) is 9.75 Å². The van der Waals surface area contributed by atoms with Gasteiger partial charge >= 0.3 is 0 Å². The van der Waals surface area contributed by atoms with Crippen molar-refractivity contribution in [3.05, 3.63) is 43.3 Å². The number of aliphatic hydroxyl groups is 1. The lowest BCUT2D eigenvalue weighted by molar-refractivity contribution is 0.228. The van der Waals surface area contributed by atoms with E-state index in [9.17, 15) is 5.11 Å². The average molecular weight is 264 g/mol. The van der Waals surface area contributed by atoms with Gasteiger partial charge in [-0.1, -0.05) is 0 Å². The fourth-order valence-electron chi connectivity index (χ4n) is 2.39. The molecule has 0 radical (unpaired) electrons. The highest BCUT2D eigenvalue weighted by molar-refractivity contribution is 7.13. The van der Waals surface area contributed by atoms with Gasteiger partial charge in [-0.05, 0) is 56.4 Å². The highest BCUT2D eigenvalue weighted by atomic mass is 32.1. The fraction of sp³-hybridized carbons (Fsp3) is 0.429. The van der Waals surface area contributed by atoms with E-state index in [1.807, 2.05) is 6.07 Å². The van der Waals surface area contributed by atoms with E-state index in [1.54, 1.807) is 22.7 Å². The Labute approximate surface area is 110 Å². The van der Waals surface area contributed by atoms with Crippen molar-refractivity contribution >= 4 is 22.7 Å². The molecule has 0 saturated carbocycles. The quantitative estimate of drug-likeness (QED) is 0.866. The van der Waals surface area contributed by atoms with Gasteiger partial charge < -0.3 is 5.11 Å². The van der Waals surface area contributed by atoms with E-state index >= 15 is 0 Å². The van der Waals surface area contributed by atoms with Crippen LogP contribution in [-0.4, -0.2) is 5.11 Å². The van der Waals surface area contributed by atoms with E-state index in [0.29, 0.717) is 0 Å². The highest BCUT2D eigenvalue weighted by Crippen LogP contribution is 2.36. The molecule has 1 N–H and O–H groups in total. The summed E-state index contributed by atoms with van der Waals surface area (Å²) in [4.78, 5) is 4.96. The van der Waals surface area contributed by atoms with Crippen LogP contribution >= 0.6 is 22.7 Å². The van der Waals surface area contributed by atoms with Crippen LogP contribution in [0.25, 0.3) is 0 Å². The zero-order valence-electron chi connectivity index (χ0n) is 9.90. The van der Waals surface area contributed by atoms with Crippen LogP contribution in [0.3, 0.4) is 0 Å². The van der Waals surface area contributed by atoms with Gasteiger partial charge in [-0.2, -0.15) is 0 Å². The van der Waals surface area contributed by atoms with Crippen LogP contribution in [0.2, 0.25) is 0 Å². The highest BCUT2D eigenvalue weighted by Gasteiger charge is 2.19. The molecule has 17 heavy (non-hydrogen) atoms. The van der Waals surface area contributed by atoms with Crippen LogP contribution < -0.4 is 0 Å². The zero-order chi connectivity index (χ0) is 11.8.